The van der Waals surface area contributed by atoms with Crippen LogP contribution in [-0.2, 0) is 9.53 Å². The number of esters is 1. The summed E-state index contributed by atoms with van der Waals surface area (Å²) in [7, 11) is 0. The molecule has 204 valence electrons. The number of carbonyl (C=O) groups is 2. The second-order valence-corrected chi connectivity index (χ2v) is 10.5. The molecule has 0 spiro atoms. The van der Waals surface area contributed by atoms with Crippen molar-refractivity contribution >= 4 is 40.1 Å². The van der Waals surface area contributed by atoms with Crippen molar-refractivity contribution in [1.82, 2.24) is 4.57 Å². The highest BCUT2D eigenvalue weighted by molar-refractivity contribution is 7.07. The second-order valence-electron chi connectivity index (χ2n) is 9.46. The first-order chi connectivity index (χ1) is 19.9. The molecule has 3 aromatic carbocycles. The normalized spacial score (nSPS) is 15.1. The van der Waals surface area contributed by atoms with Crippen LogP contribution in [0.4, 0.5) is 0 Å². The zero-order valence-corrected chi connectivity index (χ0v) is 23.0. The van der Waals surface area contributed by atoms with E-state index in [4.69, 9.17) is 14.3 Å². The highest BCUT2D eigenvalue weighted by Gasteiger charge is 2.34. The maximum Gasteiger partial charge on any atom is 0.338 e. The third kappa shape index (κ3) is 4.70. The smallest absolute Gasteiger partial charge is 0.338 e. The Bertz CT molecular complexity index is 2040. The number of ether oxygens (including phenoxy) is 1. The molecule has 0 radical (unpaired) electrons. The van der Waals surface area contributed by atoms with E-state index in [9.17, 15) is 14.4 Å². The standard InChI is InChI=1S/C32H24N2O6S/c1-3-39-31(38)27-18(2)33-32-34(28(27)24-10-6-8-19-7-4-5-9-23(19)24)29(35)26(41-32)17-22-15-16-25(40-22)20-11-13-21(14-12-20)30(36)37/h4-17,28H,3H2,1-2H3,(H,36,37)/b26-17-/t28-/m0/s1. The molecule has 1 aliphatic heterocycles. The summed E-state index contributed by atoms with van der Waals surface area (Å²) in [6.45, 7) is 3.70. The van der Waals surface area contributed by atoms with Gasteiger partial charge in [0.1, 0.15) is 11.5 Å². The van der Waals surface area contributed by atoms with Crippen molar-refractivity contribution in [2.45, 2.75) is 19.9 Å². The highest BCUT2D eigenvalue weighted by Crippen LogP contribution is 2.34. The van der Waals surface area contributed by atoms with Gasteiger partial charge in [-0.1, -0.05) is 65.9 Å². The molecule has 1 aliphatic rings. The van der Waals surface area contributed by atoms with Crippen molar-refractivity contribution in [2.24, 2.45) is 4.99 Å². The van der Waals surface area contributed by atoms with Gasteiger partial charge in [0, 0.05) is 11.6 Å². The Kier molecular flexibility index (Phi) is 6.72. The lowest BCUT2D eigenvalue weighted by atomic mass is 9.91. The van der Waals surface area contributed by atoms with Gasteiger partial charge >= 0.3 is 11.9 Å². The maximum absolute atomic E-state index is 14.0. The SMILES string of the molecule is CCOC(=O)C1=C(C)N=c2s/c(=C\c3ccc(-c4ccc(C(=O)O)cc4)o3)c(=O)n2[C@H]1c1cccc2ccccc12. The molecule has 0 saturated heterocycles. The average Bonchev–Trinajstić information content (AvgIpc) is 3.56. The van der Waals surface area contributed by atoms with Gasteiger partial charge in [-0.15, -0.1) is 0 Å². The Hall–Kier alpha value is -5.02. The van der Waals surface area contributed by atoms with E-state index in [0.29, 0.717) is 37.7 Å². The predicted molar refractivity (Wildman–Crippen MR) is 155 cm³/mol. The van der Waals surface area contributed by atoms with Crippen molar-refractivity contribution in [3.63, 3.8) is 0 Å². The predicted octanol–water partition coefficient (Wildman–Crippen LogP) is 4.91. The molecule has 0 amide bonds. The van der Waals surface area contributed by atoms with E-state index in [1.54, 1.807) is 48.8 Å². The number of furan rings is 1. The van der Waals surface area contributed by atoms with Crippen LogP contribution in [0.25, 0.3) is 28.2 Å². The summed E-state index contributed by atoms with van der Waals surface area (Å²) in [5, 5.41) is 11.1. The number of hydrogen-bond acceptors (Lipinski definition) is 7. The summed E-state index contributed by atoms with van der Waals surface area (Å²) in [5.74, 6) is -0.522. The molecule has 1 N–H and O–H groups in total. The number of benzene rings is 3. The van der Waals surface area contributed by atoms with Crippen LogP contribution in [0.15, 0.2) is 104 Å². The zero-order chi connectivity index (χ0) is 28.7. The maximum atomic E-state index is 14.0. The number of rotatable bonds is 6. The zero-order valence-electron chi connectivity index (χ0n) is 22.2. The first kappa shape index (κ1) is 26.2. The number of nitrogens with zero attached hydrogens (tertiary/aromatic N) is 2. The van der Waals surface area contributed by atoms with Gasteiger partial charge in [-0.3, -0.25) is 9.36 Å². The Morgan fingerprint density at radius 2 is 1.80 bits per heavy atom. The van der Waals surface area contributed by atoms with Gasteiger partial charge in [0.2, 0.25) is 0 Å². The number of allylic oxidation sites excluding steroid dienone is 1. The average molecular weight is 565 g/mol. The minimum atomic E-state index is -1.00. The van der Waals surface area contributed by atoms with E-state index >= 15 is 0 Å². The number of hydrogen-bond donors (Lipinski definition) is 1. The Morgan fingerprint density at radius 3 is 2.56 bits per heavy atom. The molecule has 1 atom stereocenters. The van der Waals surface area contributed by atoms with E-state index in [1.165, 1.54) is 23.5 Å². The third-order valence-electron chi connectivity index (χ3n) is 6.95. The fourth-order valence-corrected chi connectivity index (χ4v) is 6.09. The molecule has 0 fully saturated rings. The molecule has 8 nitrogen and oxygen atoms in total. The summed E-state index contributed by atoms with van der Waals surface area (Å²) < 4.78 is 13.4. The van der Waals surface area contributed by atoms with Gasteiger partial charge in [-0.2, -0.15) is 0 Å². The third-order valence-corrected chi connectivity index (χ3v) is 7.93. The lowest BCUT2D eigenvalue weighted by Gasteiger charge is -2.25. The van der Waals surface area contributed by atoms with E-state index < -0.39 is 18.0 Å². The van der Waals surface area contributed by atoms with Crippen LogP contribution in [0, 0.1) is 0 Å². The molecule has 9 heteroatoms. The van der Waals surface area contributed by atoms with Crippen molar-refractivity contribution in [3.8, 4) is 11.3 Å². The van der Waals surface area contributed by atoms with E-state index in [-0.39, 0.29) is 17.7 Å². The minimum absolute atomic E-state index is 0.180. The summed E-state index contributed by atoms with van der Waals surface area (Å²) in [5.41, 5.74) is 2.22. The van der Waals surface area contributed by atoms with Crippen LogP contribution >= 0.6 is 11.3 Å². The van der Waals surface area contributed by atoms with E-state index in [1.807, 2.05) is 42.5 Å². The molecule has 0 unspecified atom stereocenters. The van der Waals surface area contributed by atoms with Crippen molar-refractivity contribution in [2.75, 3.05) is 6.61 Å². The fraction of sp³-hybridized carbons (Fsp3) is 0.125. The second kappa shape index (κ2) is 10.5. The number of aromatic nitrogens is 1. The lowest BCUT2D eigenvalue weighted by molar-refractivity contribution is -0.139. The van der Waals surface area contributed by atoms with Crippen LogP contribution in [0.1, 0.15) is 41.6 Å². The number of fused-ring (bicyclic) bond motifs is 2. The number of carboxylic acid groups (broad SMARTS) is 1. The summed E-state index contributed by atoms with van der Waals surface area (Å²) in [6.07, 6.45) is 1.66. The van der Waals surface area contributed by atoms with Gasteiger partial charge < -0.3 is 14.3 Å². The van der Waals surface area contributed by atoms with Gasteiger partial charge in [0.05, 0.1) is 34.0 Å². The number of aromatic carboxylic acids is 1. The van der Waals surface area contributed by atoms with E-state index in [0.717, 1.165) is 16.3 Å². The summed E-state index contributed by atoms with van der Waals surface area (Å²) in [6, 6.07) is 22.8. The molecule has 41 heavy (non-hydrogen) atoms. The van der Waals surface area contributed by atoms with Crippen molar-refractivity contribution < 1.29 is 23.8 Å². The molecular weight excluding hydrogens is 540 g/mol. The number of carbonyl (C=O) groups excluding carboxylic acids is 1. The molecule has 5 aromatic rings. The van der Waals surface area contributed by atoms with Gasteiger partial charge in [0.15, 0.2) is 4.80 Å². The first-order valence-electron chi connectivity index (χ1n) is 13.0. The molecule has 0 aliphatic carbocycles. The molecule has 0 saturated carbocycles. The summed E-state index contributed by atoms with van der Waals surface area (Å²) in [4.78, 5) is 43.5. The Balaban J connectivity index is 1.49. The van der Waals surface area contributed by atoms with E-state index in [2.05, 4.69) is 4.99 Å². The lowest BCUT2D eigenvalue weighted by Crippen LogP contribution is -2.40. The quantitative estimate of drug-likeness (QED) is 0.294. The van der Waals surface area contributed by atoms with Crippen LogP contribution in [-0.4, -0.2) is 28.2 Å². The van der Waals surface area contributed by atoms with Crippen LogP contribution in [0.3, 0.4) is 0 Å². The molecule has 2 aromatic heterocycles. The Labute approximate surface area is 237 Å². The van der Waals surface area contributed by atoms with Crippen molar-refractivity contribution in [1.29, 1.82) is 0 Å². The molecule has 0 bridgehead atoms. The molecule has 3 heterocycles. The van der Waals surface area contributed by atoms with Gasteiger partial charge in [-0.05, 0) is 54.4 Å². The monoisotopic (exact) mass is 564 g/mol. The van der Waals surface area contributed by atoms with Crippen LogP contribution in [0.2, 0.25) is 0 Å². The first-order valence-corrected chi connectivity index (χ1v) is 13.8. The largest absolute Gasteiger partial charge is 0.478 e. The minimum Gasteiger partial charge on any atom is -0.478 e. The van der Waals surface area contributed by atoms with Gasteiger partial charge in [0.25, 0.3) is 5.56 Å². The number of carboxylic acids is 1. The Morgan fingerprint density at radius 1 is 1.05 bits per heavy atom. The van der Waals surface area contributed by atoms with Crippen LogP contribution in [0.5, 0.6) is 0 Å². The van der Waals surface area contributed by atoms with Crippen molar-refractivity contribution in [3.05, 3.63) is 127 Å². The van der Waals surface area contributed by atoms with Crippen LogP contribution < -0.4 is 14.9 Å². The fourth-order valence-electron chi connectivity index (χ4n) is 5.07. The topological polar surface area (TPSA) is 111 Å². The number of thiazole rings is 1. The summed E-state index contributed by atoms with van der Waals surface area (Å²) >= 11 is 1.22. The highest BCUT2D eigenvalue weighted by atomic mass is 32.1. The molecule has 6 rings (SSSR count). The van der Waals surface area contributed by atoms with Gasteiger partial charge in [-0.25, -0.2) is 14.6 Å². The molecular formula is C32H24N2O6S.